The standard InChI is InChI=1S/C6H11.Al.2HI.H/c1-2-4-6-5-3-1;;;;/h1H,2-6H2;;2*1H;/q;+2;;;/p-2. The molecule has 53 valence electrons. The van der Waals surface area contributed by atoms with E-state index in [1.807, 2.05) is 0 Å². The van der Waals surface area contributed by atoms with Gasteiger partial charge in [-0.1, -0.05) is 32.1 Å². The zero-order valence-corrected chi connectivity index (χ0v) is 11.3. The van der Waals surface area contributed by atoms with E-state index >= 15 is 0 Å². The van der Waals surface area contributed by atoms with Gasteiger partial charge in [-0.25, -0.2) is 0 Å². The van der Waals surface area contributed by atoms with E-state index < -0.39 is 0 Å². The Balaban J connectivity index is 0.000000187. The van der Waals surface area contributed by atoms with E-state index in [4.69, 9.17) is 0 Å². The average molecular weight is 365 g/mol. The first-order valence-corrected chi connectivity index (χ1v) is 13.6. The van der Waals surface area contributed by atoms with E-state index in [0.717, 1.165) is 0 Å². The summed E-state index contributed by atoms with van der Waals surface area (Å²) in [6.07, 6.45) is 9.50. The SMILES string of the molecule is [CH]1CCCCC1.[I][AlH][I]. The highest BCUT2D eigenvalue weighted by Gasteiger charge is 1.95. The molecule has 1 radical (unpaired) electrons. The first-order valence-electron chi connectivity index (χ1n) is 3.35. The lowest BCUT2D eigenvalue weighted by atomic mass is 10.0. The summed E-state index contributed by atoms with van der Waals surface area (Å²) < 4.78 is 0. The first kappa shape index (κ1) is 11.0. The predicted molar refractivity (Wildman–Crippen MR) is 62.6 cm³/mol. The molecule has 0 aliphatic heterocycles. The summed E-state index contributed by atoms with van der Waals surface area (Å²) >= 11 is 4.83. The molecule has 3 heteroatoms. The molecule has 0 amide bonds. The summed E-state index contributed by atoms with van der Waals surface area (Å²) in [5, 5.41) is 0. The molecule has 0 N–H and O–H groups in total. The molecule has 1 fully saturated rings. The molecular formula is C6H12AlI2. The van der Waals surface area contributed by atoms with Gasteiger partial charge in [0.15, 0.2) is 0 Å². The second kappa shape index (κ2) is 9.99. The summed E-state index contributed by atoms with van der Waals surface area (Å²) in [5.41, 5.74) is 0. The molecule has 0 heterocycles. The van der Waals surface area contributed by atoms with Crippen molar-refractivity contribution in [1.29, 1.82) is 0 Å². The Morgan fingerprint density at radius 3 is 1.56 bits per heavy atom. The van der Waals surface area contributed by atoms with Crippen molar-refractivity contribution in [2.24, 2.45) is 0 Å². The molecule has 1 saturated carbocycles. The van der Waals surface area contributed by atoms with Crippen LogP contribution in [-0.4, -0.2) is 8.65 Å². The third kappa shape index (κ3) is 9.99. The molecule has 0 aromatic carbocycles. The smallest absolute Gasteiger partial charge is 0.197 e. The third-order valence-electron chi connectivity index (χ3n) is 1.32. The van der Waals surface area contributed by atoms with Gasteiger partial charge in [0, 0.05) is 0 Å². The molecule has 0 bridgehead atoms. The first-order chi connectivity index (χ1) is 4.41. The summed E-state index contributed by atoms with van der Waals surface area (Å²) in [6.45, 7) is 0. The van der Waals surface area contributed by atoms with Crippen LogP contribution in [0.15, 0.2) is 0 Å². The fraction of sp³-hybridized carbons (Fsp3) is 0.833. The average Bonchev–Trinajstić information content (AvgIpc) is 1.93. The van der Waals surface area contributed by atoms with Gasteiger partial charge in [0.05, 0.1) is 0 Å². The van der Waals surface area contributed by atoms with Gasteiger partial charge in [-0.3, -0.25) is 0 Å². The van der Waals surface area contributed by atoms with Gasteiger partial charge in [0.2, 0.25) is 0 Å². The Kier molecular flexibility index (Phi) is 12.2. The summed E-state index contributed by atoms with van der Waals surface area (Å²) in [5.74, 6) is 0. The van der Waals surface area contributed by atoms with Gasteiger partial charge in [-0.2, -0.15) is 40.5 Å². The monoisotopic (exact) mass is 365 g/mol. The summed E-state index contributed by atoms with van der Waals surface area (Å²) in [4.78, 5) is 0. The van der Waals surface area contributed by atoms with Crippen LogP contribution < -0.4 is 0 Å². The Hall–Kier alpha value is 1.99. The third-order valence-corrected chi connectivity index (χ3v) is 1.32. The highest BCUT2D eigenvalue weighted by molar-refractivity contribution is 14.3. The molecule has 0 nitrogen and oxygen atoms in total. The molecule has 0 spiro atoms. The zero-order valence-electron chi connectivity index (χ0n) is 5.58. The molecule has 1 aliphatic rings. The number of rotatable bonds is 0. The predicted octanol–water partition coefficient (Wildman–Crippen LogP) is 3.28. The maximum Gasteiger partial charge on any atom is 0.425 e. The van der Waals surface area contributed by atoms with Crippen molar-refractivity contribution in [3.05, 3.63) is 6.42 Å². The van der Waals surface area contributed by atoms with Gasteiger partial charge < -0.3 is 0 Å². The van der Waals surface area contributed by atoms with Crippen LogP contribution in [0.1, 0.15) is 32.1 Å². The molecular weight excluding hydrogens is 353 g/mol. The van der Waals surface area contributed by atoms with Crippen LogP contribution in [0.4, 0.5) is 0 Å². The molecule has 9 heavy (non-hydrogen) atoms. The fourth-order valence-corrected chi connectivity index (χ4v) is 0.898. The lowest BCUT2D eigenvalue weighted by molar-refractivity contribution is 0.593. The second-order valence-electron chi connectivity index (χ2n) is 2.03. The van der Waals surface area contributed by atoms with Crippen molar-refractivity contribution in [3.63, 3.8) is 0 Å². The van der Waals surface area contributed by atoms with Crippen LogP contribution in [0.3, 0.4) is 0 Å². The molecule has 0 aromatic heterocycles. The minimum Gasteiger partial charge on any atom is -0.197 e. The molecule has 0 atom stereocenters. The largest absolute Gasteiger partial charge is 0.425 e. The van der Waals surface area contributed by atoms with Crippen LogP contribution in [0, 0.1) is 6.42 Å². The van der Waals surface area contributed by atoms with Gasteiger partial charge >= 0.3 is 8.65 Å². The van der Waals surface area contributed by atoms with Gasteiger partial charge in [-0.05, 0) is 6.42 Å². The van der Waals surface area contributed by atoms with E-state index in [0.29, 0.717) is 8.65 Å². The van der Waals surface area contributed by atoms with Crippen molar-refractivity contribution in [2.45, 2.75) is 32.1 Å². The lowest BCUT2D eigenvalue weighted by Crippen LogP contribution is -1.87. The van der Waals surface area contributed by atoms with Gasteiger partial charge in [0.25, 0.3) is 0 Å². The van der Waals surface area contributed by atoms with Crippen LogP contribution in [0.25, 0.3) is 0 Å². The Morgan fingerprint density at radius 2 is 1.44 bits per heavy atom. The highest BCUT2D eigenvalue weighted by atomic mass is 127. The molecule has 1 rings (SSSR count). The summed E-state index contributed by atoms with van der Waals surface area (Å²) in [6, 6.07) is 0. The van der Waals surface area contributed by atoms with E-state index in [-0.39, 0.29) is 0 Å². The van der Waals surface area contributed by atoms with E-state index in [1.54, 1.807) is 0 Å². The number of halogens is 2. The maximum absolute atomic E-state index is 2.41. The van der Waals surface area contributed by atoms with Crippen molar-refractivity contribution < 1.29 is 0 Å². The van der Waals surface area contributed by atoms with Crippen LogP contribution in [0.2, 0.25) is 0 Å². The van der Waals surface area contributed by atoms with Crippen molar-refractivity contribution >= 4 is 49.2 Å². The minimum absolute atomic E-state index is 0.357. The maximum atomic E-state index is 2.41. The molecule has 0 aromatic rings. The second-order valence-corrected chi connectivity index (χ2v) is 15.6. The van der Waals surface area contributed by atoms with Crippen molar-refractivity contribution in [2.75, 3.05) is 0 Å². The fourth-order valence-electron chi connectivity index (χ4n) is 0.898. The number of hydrogen-bond donors (Lipinski definition) is 0. The summed E-state index contributed by atoms with van der Waals surface area (Å²) in [7, 11) is 0.357. The Labute approximate surface area is 86.6 Å². The van der Waals surface area contributed by atoms with Crippen molar-refractivity contribution in [3.8, 4) is 0 Å². The minimum atomic E-state index is 0.357. The van der Waals surface area contributed by atoms with Crippen LogP contribution in [-0.2, 0) is 0 Å². The lowest BCUT2D eigenvalue weighted by Gasteiger charge is -2.05. The quantitative estimate of drug-likeness (QED) is 0.457. The van der Waals surface area contributed by atoms with Crippen molar-refractivity contribution in [1.82, 2.24) is 0 Å². The highest BCUT2D eigenvalue weighted by Crippen LogP contribution is 2.14. The van der Waals surface area contributed by atoms with Crippen LogP contribution in [0.5, 0.6) is 0 Å². The van der Waals surface area contributed by atoms with Gasteiger partial charge in [0.1, 0.15) is 0 Å². The van der Waals surface area contributed by atoms with E-state index in [9.17, 15) is 0 Å². The normalized spacial score (nSPS) is 17.6. The van der Waals surface area contributed by atoms with Gasteiger partial charge in [-0.15, -0.1) is 0 Å². The van der Waals surface area contributed by atoms with Crippen LogP contribution >= 0.6 is 40.5 Å². The molecule has 1 aliphatic carbocycles. The molecule has 0 unspecified atom stereocenters. The number of hydrogen-bond acceptors (Lipinski definition) is 0. The zero-order chi connectivity index (χ0) is 6.95. The molecule has 0 saturated heterocycles. The Morgan fingerprint density at radius 1 is 1.00 bits per heavy atom. The Bertz CT molecular complexity index is 34.8. The topological polar surface area (TPSA) is 0 Å². The van der Waals surface area contributed by atoms with E-state index in [1.165, 1.54) is 32.1 Å². The van der Waals surface area contributed by atoms with E-state index in [2.05, 4.69) is 47.0 Å².